The molecular weight excluding hydrogens is 284 g/mol. The first-order chi connectivity index (χ1) is 10.7. The number of aryl methyl sites for hydroxylation is 2. The zero-order chi connectivity index (χ0) is 15.4. The number of amides is 1. The Labute approximate surface area is 128 Å². The Kier molecular flexibility index (Phi) is 4.22. The van der Waals surface area contributed by atoms with E-state index >= 15 is 0 Å². The van der Waals surface area contributed by atoms with Gasteiger partial charge < -0.3 is 19.4 Å². The summed E-state index contributed by atoms with van der Waals surface area (Å²) in [6, 6.07) is 7.52. The van der Waals surface area contributed by atoms with Gasteiger partial charge in [-0.05, 0) is 12.1 Å². The van der Waals surface area contributed by atoms with Crippen LogP contribution in [0.3, 0.4) is 0 Å². The monoisotopic (exact) mass is 302 g/mol. The van der Waals surface area contributed by atoms with E-state index in [4.69, 9.17) is 9.47 Å². The largest absolute Gasteiger partial charge is 0.486 e. The van der Waals surface area contributed by atoms with E-state index < -0.39 is 0 Å². The molecule has 1 atom stereocenters. The summed E-state index contributed by atoms with van der Waals surface area (Å²) < 4.78 is 13.2. The van der Waals surface area contributed by atoms with E-state index in [9.17, 15) is 4.79 Å². The number of para-hydroxylation sites is 2. The van der Waals surface area contributed by atoms with Gasteiger partial charge in [0.05, 0.1) is 6.54 Å². The summed E-state index contributed by atoms with van der Waals surface area (Å²) in [5.74, 6) is 2.21. The highest BCUT2D eigenvalue weighted by molar-refractivity contribution is 5.76. The van der Waals surface area contributed by atoms with Crippen molar-refractivity contribution in [2.45, 2.75) is 18.9 Å². The van der Waals surface area contributed by atoms with Crippen molar-refractivity contribution in [2.75, 3.05) is 13.2 Å². The first-order valence-electron chi connectivity index (χ1n) is 7.20. The van der Waals surface area contributed by atoms with Gasteiger partial charge in [0.15, 0.2) is 11.5 Å². The van der Waals surface area contributed by atoms with E-state index in [-0.39, 0.29) is 12.0 Å². The van der Waals surface area contributed by atoms with Crippen molar-refractivity contribution in [3.63, 3.8) is 0 Å². The summed E-state index contributed by atoms with van der Waals surface area (Å²) >= 11 is 0. The molecule has 1 aromatic carbocycles. The molecule has 0 saturated heterocycles. The van der Waals surface area contributed by atoms with Crippen molar-refractivity contribution in [1.82, 2.24) is 20.1 Å². The third-order valence-electron chi connectivity index (χ3n) is 3.48. The maximum absolute atomic E-state index is 11.9. The number of hydrogen-bond acceptors (Lipinski definition) is 5. The van der Waals surface area contributed by atoms with Crippen molar-refractivity contribution in [3.05, 3.63) is 36.4 Å². The van der Waals surface area contributed by atoms with Crippen LogP contribution in [0.2, 0.25) is 0 Å². The van der Waals surface area contributed by atoms with Crippen LogP contribution in [0.15, 0.2) is 30.6 Å². The lowest BCUT2D eigenvalue weighted by Crippen LogP contribution is -2.40. The van der Waals surface area contributed by atoms with E-state index in [0.717, 1.165) is 11.6 Å². The molecule has 116 valence electrons. The molecule has 0 aliphatic carbocycles. The van der Waals surface area contributed by atoms with Gasteiger partial charge in [-0.3, -0.25) is 4.79 Å². The summed E-state index contributed by atoms with van der Waals surface area (Å²) in [6.45, 7) is 0.854. The summed E-state index contributed by atoms with van der Waals surface area (Å²) in [5, 5.41) is 10.6. The van der Waals surface area contributed by atoms with Crippen LogP contribution in [-0.2, 0) is 18.3 Å². The van der Waals surface area contributed by atoms with Crippen LogP contribution in [0.5, 0.6) is 11.5 Å². The van der Waals surface area contributed by atoms with E-state index in [1.807, 2.05) is 35.9 Å². The van der Waals surface area contributed by atoms with E-state index in [1.54, 1.807) is 6.33 Å². The quantitative estimate of drug-likeness (QED) is 0.880. The Bertz CT molecular complexity index is 656. The summed E-state index contributed by atoms with van der Waals surface area (Å²) in [6.07, 6.45) is 2.38. The molecular formula is C15H18N4O3. The maximum atomic E-state index is 11.9. The van der Waals surface area contributed by atoms with Gasteiger partial charge in [0, 0.05) is 19.9 Å². The molecule has 1 aromatic heterocycles. The Morgan fingerprint density at radius 3 is 3.00 bits per heavy atom. The fourth-order valence-corrected chi connectivity index (χ4v) is 2.24. The van der Waals surface area contributed by atoms with Crippen LogP contribution in [0.4, 0.5) is 0 Å². The van der Waals surface area contributed by atoms with Gasteiger partial charge in [0.2, 0.25) is 5.91 Å². The van der Waals surface area contributed by atoms with Crippen LogP contribution in [0, 0.1) is 0 Å². The third kappa shape index (κ3) is 3.36. The standard InChI is InChI=1S/C15H18N4O3/c1-19-10-17-18-14(19)6-7-15(20)16-8-11-9-21-12-4-2-3-5-13(12)22-11/h2-5,10-11H,6-9H2,1H3,(H,16,20). The minimum Gasteiger partial charge on any atom is -0.486 e. The number of fused-ring (bicyclic) bond motifs is 1. The Morgan fingerprint density at radius 2 is 2.23 bits per heavy atom. The predicted molar refractivity (Wildman–Crippen MR) is 78.7 cm³/mol. The molecule has 0 bridgehead atoms. The molecule has 0 spiro atoms. The van der Waals surface area contributed by atoms with Crippen molar-refractivity contribution in [3.8, 4) is 11.5 Å². The molecule has 1 aliphatic rings. The normalized spacial score (nSPS) is 16.3. The van der Waals surface area contributed by atoms with Crippen molar-refractivity contribution >= 4 is 5.91 Å². The lowest BCUT2D eigenvalue weighted by Gasteiger charge is -2.26. The highest BCUT2D eigenvalue weighted by Gasteiger charge is 2.20. The number of ether oxygens (including phenoxy) is 2. The highest BCUT2D eigenvalue weighted by Crippen LogP contribution is 2.30. The van der Waals surface area contributed by atoms with Crippen LogP contribution >= 0.6 is 0 Å². The van der Waals surface area contributed by atoms with Crippen LogP contribution in [0.1, 0.15) is 12.2 Å². The molecule has 3 rings (SSSR count). The summed E-state index contributed by atoms with van der Waals surface area (Å²) in [7, 11) is 1.86. The molecule has 0 saturated carbocycles. The van der Waals surface area contributed by atoms with Crippen LogP contribution < -0.4 is 14.8 Å². The highest BCUT2D eigenvalue weighted by atomic mass is 16.6. The van der Waals surface area contributed by atoms with Gasteiger partial charge >= 0.3 is 0 Å². The first kappa shape index (κ1) is 14.4. The van der Waals surface area contributed by atoms with Crippen molar-refractivity contribution in [2.24, 2.45) is 7.05 Å². The molecule has 22 heavy (non-hydrogen) atoms. The summed E-state index contributed by atoms with van der Waals surface area (Å²) in [5.41, 5.74) is 0. The van der Waals surface area contributed by atoms with Gasteiger partial charge in [0.25, 0.3) is 0 Å². The van der Waals surface area contributed by atoms with E-state index in [0.29, 0.717) is 31.7 Å². The lowest BCUT2D eigenvalue weighted by molar-refractivity contribution is -0.121. The minimum atomic E-state index is -0.173. The number of nitrogens with one attached hydrogen (secondary N) is 1. The molecule has 2 heterocycles. The average Bonchev–Trinajstić information content (AvgIpc) is 2.96. The van der Waals surface area contributed by atoms with Gasteiger partial charge in [-0.1, -0.05) is 12.1 Å². The van der Waals surface area contributed by atoms with Gasteiger partial charge in [-0.2, -0.15) is 0 Å². The topological polar surface area (TPSA) is 78.3 Å². The molecule has 1 N–H and O–H groups in total. The van der Waals surface area contributed by atoms with Gasteiger partial charge in [-0.15, -0.1) is 10.2 Å². The van der Waals surface area contributed by atoms with E-state index in [2.05, 4.69) is 15.5 Å². The third-order valence-corrected chi connectivity index (χ3v) is 3.48. The number of benzene rings is 1. The molecule has 7 nitrogen and oxygen atoms in total. The van der Waals surface area contributed by atoms with Crippen LogP contribution in [0.25, 0.3) is 0 Å². The molecule has 2 aromatic rings. The van der Waals surface area contributed by atoms with E-state index in [1.165, 1.54) is 0 Å². The number of hydrogen-bond donors (Lipinski definition) is 1. The first-order valence-corrected chi connectivity index (χ1v) is 7.20. The second-order valence-electron chi connectivity index (χ2n) is 5.16. The zero-order valence-electron chi connectivity index (χ0n) is 12.4. The van der Waals surface area contributed by atoms with Crippen molar-refractivity contribution in [1.29, 1.82) is 0 Å². The Balaban J connectivity index is 1.43. The number of carbonyl (C=O) groups is 1. The number of carbonyl (C=O) groups excluding carboxylic acids is 1. The molecule has 1 amide bonds. The molecule has 0 radical (unpaired) electrons. The Morgan fingerprint density at radius 1 is 1.41 bits per heavy atom. The van der Waals surface area contributed by atoms with Crippen molar-refractivity contribution < 1.29 is 14.3 Å². The Hall–Kier alpha value is -2.57. The zero-order valence-corrected chi connectivity index (χ0v) is 12.4. The second-order valence-corrected chi connectivity index (χ2v) is 5.16. The predicted octanol–water partition coefficient (Wildman–Crippen LogP) is 0.704. The second kappa shape index (κ2) is 6.46. The minimum absolute atomic E-state index is 0.0366. The van der Waals surface area contributed by atoms with Gasteiger partial charge in [-0.25, -0.2) is 0 Å². The number of nitrogens with zero attached hydrogens (tertiary/aromatic N) is 3. The molecule has 7 heteroatoms. The molecule has 0 fully saturated rings. The fraction of sp³-hybridized carbons (Fsp3) is 0.400. The molecule has 1 unspecified atom stereocenters. The maximum Gasteiger partial charge on any atom is 0.220 e. The summed E-state index contributed by atoms with van der Waals surface area (Å²) in [4.78, 5) is 11.9. The number of aromatic nitrogens is 3. The fourth-order valence-electron chi connectivity index (χ4n) is 2.24. The van der Waals surface area contributed by atoms with Gasteiger partial charge in [0.1, 0.15) is 24.9 Å². The smallest absolute Gasteiger partial charge is 0.220 e. The molecule has 1 aliphatic heterocycles. The number of rotatable bonds is 5. The average molecular weight is 302 g/mol. The van der Waals surface area contributed by atoms with Crippen LogP contribution in [-0.4, -0.2) is 39.9 Å². The lowest BCUT2D eigenvalue weighted by atomic mass is 10.2. The SMILES string of the molecule is Cn1cnnc1CCC(=O)NCC1COc2ccccc2O1.